The Labute approximate surface area is 178 Å². The van der Waals surface area contributed by atoms with Gasteiger partial charge in [-0.3, -0.25) is 9.59 Å². The van der Waals surface area contributed by atoms with Crippen molar-refractivity contribution in [3.8, 4) is 5.75 Å². The van der Waals surface area contributed by atoms with Gasteiger partial charge in [0.05, 0.1) is 26.2 Å². The number of unbranched alkanes of at least 4 members (excludes halogenated alkanes) is 1. The average Bonchev–Trinajstić information content (AvgIpc) is 2.78. The molecule has 0 aromatic heterocycles. The molecule has 0 amide bonds. The van der Waals surface area contributed by atoms with Gasteiger partial charge in [-0.15, -0.1) is 0 Å². The zero-order valence-corrected chi connectivity index (χ0v) is 18.4. The minimum absolute atomic E-state index is 0.0945. The lowest BCUT2D eigenvalue weighted by molar-refractivity contribution is -0.148. The quantitative estimate of drug-likeness (QED) is 0.437. The van der Waals surface area contributed by atoms with E-state index >= 15 is 0 Å². The lowest BCUT2D eigenvalue weighted by Crippen LogP contribution is -2.38. The number of methoxy groups -OCH3 is 1. The zero-order valence-electron chi connectivity index (χ0n) is 18.4. The number of hydrogen-bond acceptors (Lipinski definition) is 6. The van der Waals surface area contributed by atoms with E-state index in [1.165, 1.54) is 0 Å². The second-order valence-corrected chi connectivity index (χ2v) is 7.65. The monoisotopic (exact) mass is 415 g/mol. The number of esters is 2. The summed E-state index contributed by atoms with van der Waals surface area (Å²) in [6.07, 6.45) is 2.08. The SMILES string of the molecule is CC[C@H](C)[C@H](N)C(=O)OCCCCOC(=O)C(C)c1ccc2cc(OC)ccc2c1. The van der Waals surface area contributed by atoms with E-state index < -0.39 is 6.04 Å². The minimum atomic E-state index is -0.586. The molecule has 164 valence electrons. The first-order valence-corrected chi connectivity index (χ1v) is 10.5. The zero-order chi connectivity index (χ0) is 22.1. The van der Waals surface area contributed by atoms with Gasteiger partial charge in [0.25, 0.3) is 0 Å². The van der Waals surface area contributed by atoms with Gasteiger partial charge in [0, 0.05) is 0 Å². The van der Waals surface area contributed by atoms with E-state index in [1.54, 1.807) is 7.11 Å². The standard InChI is InChI=1S/C24H33NO5/c1-5-16(2)22(25)24(27)30-13-7-6-12-29-23(26)17(3)18-8-9-20-15-21(28-4)11-10-19(20)14-18/h8-11,14-17,22H,5-7,12-13,25H2,1-4H3/t16-,17?,22-/m0/s1. The molecule has 0 aliphatic heterocycles. The molecule has 0 radical (unpaired) electrons. The molecule has 2 rings (SSSR count). The highest BCUT2D eigenvalue weighted by atomic mass is 16.5. The third kappa shape index (κ3) is 6.46. The second-order valence-electron chi connectivity index (χ2n) is 7.65. The van der Waals surface area contributed by atoms with Crippen molar-refractivity contribution < 1.29 is 23.8 Å². The van der Waals surface area contributed by atoms with Gasteiger partial charge < -0.3 is 19.9 Å². The number of carbonyl (C=O) groups excluding carboxylic acids is 2. The minimum Gasteiger partial charge on any atom is -0.497 e. The van der Waals surface area contributed by atoms with Crippen molar-refractivity contribution in [3.63, 3.8) is 0 Å². The molecule has 0 aliphatic carbocycles. The predicted octanol–water partition coefficient (Wildman–Crippen LogP) is 4.19. The first-order valence-electron chi connectivity index (χ1n) is 10.5. The van der Waals surface area contributed by atoms with Crippen molar-refractivity contribution >= 4 is 22.7 Å². The summed E-state index contributed by atoms with van der Waals surface area (Å²) in [5.74, 6) is -0.0993. The lowest BCUT2D eigenvalue weighted by Gasteiger charge is -2.16. The highest BCUT2D eigenvalue weighted by Crippen LogP contribution is 2.25. The van der Waals surface area contributed by atoms with Crippen LogP contribution in [0.5, 0.6) is 5.75 Å². The molecule has 0 heterocycles. The van der Waals surface area contributed by atoms with Crippen molar-refractivity contribution in [2.24, 2.45) is 11.7 Å². The van der Waals surface area contributed by atoms with Crippen LogP contribution in [0.1, 0.15) is 51.5 Å². The number of fused-ring (bicyclic) bond motifs is 1. The van der Waals surface area contributed by atoms with Crippen LogP contribution < -0.4 is 10.5 Å². The number of nitrogens with two attached hydrogens (primary N) is 1. The van der Waals surface area contributed by atoms with Crippen LogP contribution in [-0.2, 0) is 19.1 Å². The Bertz CT molecular complexity index is 851. The number of carbonyl (C=O) groups is 2. The van der Waals surface area contributed by atoms with Crippen LogP contribution in [-0.4, -0.2) is 38.3 Å². The van der Waals surface area contributed by atoms with Gasteiger partial charge in [-0.2, -0.15) is 0 Å². The Morgan fingerprint density at radius 1 is 0.933 bits per heavy atom. The van der Waals surface area contributed by atoms with Crippen molar-refractivity contribution in [3.05, 3.63) is 42.0 Å². The highest BCUT2D eigenvalue weighted by molar-refractivity contribution is 5.86. The normalized spacial score (nSPS) is 14.0. The highest BCUT2D eigenvalue weighted by Gasteiger charge is 2.21. The van der Waals surface area contributed by atoms with E-state index in [0.29, 0.717) is 19.4 Å². The van der Waals surface area contributed by atoms with E-state index in [0.717, 1.165) is 28.5 Å². The molecule has 6 heteroatoms. The summed E-state index contributed by atoms with van der Waals surface area (Å²) >= 11 is 0. The van der Waals surface area contributed by atoms with Gasteiger partial charge in [-0.1, -0.05) is 44.5 Å². The van der Waals surface area contributed by atoms with Crippen LogP contribution in [0.25, 0.3) is 10.8 Å². The van der Waals surface area contributed by atoms with Crippen molar-refractivity contribution in [1.82, 2.24) is 0 Å². The first kappa shape index (κ1) is 23.7. The molecular weight excluding hydrogens is 382 g/mol. The summed E-state index contributed by atoms with van der Waals surface area (Å²) in [4.78, 5) is 24.2. The van der Waals surface area contributed by atoms with Gasteiger partial charge in [0.15, 0.2) is 0 Å². The Morgan fingerprint density at radius 3 is 2.17 bits per heavy atom. The first-order chi connectivity index (χ1) is 14.4. The maximum Gasteiger partial charge on any atom is 0.323 e. The summed E-state index contributed by atoms with van der Waals surface area (Å²) in [5.41, 5.74) is 6.75. The molecule has 2 aromatic carbocycles. The van der Waals surface area contributed by atoms with E-state index in [4.69, 9.17) is 19.9 Å². The smallest absolute Gasteiger partial charge is 0.323 e. The summed E-state index contributed by atoms with van der Waals surface area (Å²) in [6.45, 7) is 6.33. The topological polar surface area (TPSA) is 87.9 Å². The number of ether oxygens (including phenoxy) is 3. The second kappa shape index (κ2) is 11.6. The van der Waals surface area contributed by atoms with Crippen LogP contribution in [0.15, 0.2) is 36.4 Å². The Kier molecular flexibility index (Phi) is 9.12. The van der Waals surface area contributed by atoms with E-state index in [1.807, 2.05) is 57.2 Å². The van der Waals surface area contributed by atoms with Crippen LogP contribution >= 0.6 is 0 Å². The van der Waals surface area contributed by atoms with Gasteiger partial charge in [0.2, 0.25) is 0 Å². The van der Waals surface area contributed by atoms with Crippen molar-refractivity contribution in [2.45, 2.75) is 52.0 Å². The molecule has 6 nitrogen and oxygen atoms in total. The number of benzene rings is 2. The van der Waals surface area contributed by atoms with Gasteiger partial charge >= 0.3 is 11.9 Å². The summed E-state index contributed by atoms with van der Waals surface area (Å²) in [7, 11) is 1.64. The Balaban J connectivity index is 1.74. The summed E-state index contributed by atoms with van der Waals surface area (Å²) in [6, 6.07) is 11.2. The molecule has 0 aliphatic rings. The van der Waals surface area contributed by atoms with Crippen molar-refractivity contribution in [1.29, 1.82) is 0 Å². The average molecular weight is 416 g/mol. The third-order valence-corrected chi connectivity index (χ3v) is 5.48. The molecule has 0 saturated heterocycles. The molecule has 0 bridgehead atoms. The molecule has 30 heavy (non-hydrogen) atoms. The molecule has 0 spiro atoms. The molecular formula is C24H33NO5. The molecule has 2 N–H and O–H groups in total. The van der Waals surface area contributed by atoms with Crippen molar-refractivity contribution in [2.75, 3.05) is 20.3 Å². The molecule has 1 unspecified atom stereocenters. The fraction of sp³-hybridized carbons (Fsp3) is 0.500. The van der Waals surface area contributed by atoms with Gasteiger partial charge in [0.1, 0.15) is 11.8 Å². The van der Waals surface area contributed by atoms with Crippen LogP contribution in [0.3, 0.4) is 0 Å². The van der Waals surface area contributed by atoms with E-state index in [9.17, 15) is 9.59 Å². The fourth-order valence-electron chi connectivity index (χ4n) is 3.03. The lowest BCUT2D eigenvalue weighted by atomic mass is 9.98. The molecule has 0 fully saturated rings. The molecule has 2 aromatic rings. The van der Waals surface area contributed by atoms with Gasteiger partial charge in [-0.05, 0) is 54.2 Å². The molecule has 0 saturated carbocycles. The largest absolute Gasteiger partial charge is 0.497 e. The Hall–Kier alpha value is -2.60. The van der Waals surface area contributed by atoms with Crippen LogP contribution in [0.2, 0.25) is 0 Å². The maximum absolute atomic E-state index is 12.4. The Morgan fingerprint density at radius 2 is 1.53 bits per heavy atom. The van der Waals surface area contributed by atoms with Crippen LogP contribution in [0.4, 0.5) is 0 Å². The summed E-state index contributed by atoms with van der Waals surface area (Å²) < 4.78 is 15.8. The third-order valence-electron chi connectivity index (χ3n) is 5.48. The fourth-order valence-corrected chi connectivity index (χ4v) is 3.03. The van der Waals surface area contributed by atoms with E-state index in [2.05, 4.69) is 0 Å². The van der Waals surface area contributed by atoms with Crippen LogP contribution in [0, 0.1) is 5.92 Å². The van der Waals surface area contributed by atoms with Gasteiger partial charge in [-0.25, -0.2) is 0 Å². The summed E-state index contributed by atoms with van der Waals surface area (Å²) in [5, 5.41) is 2.10. The molecule has 3 atom stereocenters. The maximum atomic E-state index is 12.4. The number of hydrogen-bond donors (Lipinski definition) is 1. The predicted molar refractivity (Wildman–Crippen MR) is 117 cm³/mol. The van der Waals surface area contributed by atoms with E-state index in [-0.39, 0.29) is 30.4 Å². The number of rotatable bonds is 11.